The molecule has 184 valence electrons. The Kier molecular flexibility index (Phi) is 5.82. The highest BCUT2D eigenvalue weighted by Crippen LogP contribution is 2.29. The van der Waals surface area contributed by atoms with Crippen LogP contribution in [0.1, 0.15) is 26.3 Å². The number of pyridine rings is 1. The van der Waals surface area contributed by atoms with Crippen molar-refractivity contribution < 1.29 is 9.59 Å². The van der Waals surface area contributed by atoms with Crippen LogP contribution in [0, 0.1) is 6.92 Å². The highest BCUT2D eigenvalue weighted by atomic mass is 16.1. The molecule has 0 radical (unpaired) electrons. The number of carbonyl (C=O) groups is 2. The Hall–Kier alpha value is -5.37. The Labute approximate surface area is 218 Å². The third-order valence-electron chi connectivity index (χ3n) is 6.36. The van der Waals surface area contributed by atoms with Crippen LogP contribution in [0.15, 0.2) is 97.6 Å². The number of carbonyl (C=O) groups excluding carboxylic acids is 2. The van der Waals surface area contributed by atoms with E-state index in [1.165, 1.54) is 0 Å². The van der Waals surface area contributed by atoms with Crippen LogP contribution in [0.4, 0.5) is 17.3 Å². The molecule has 0 aliphatic carbocycles. The van der Waals surface area contributed by atoms with E-state index in [1.54, 1.807) is 36.7 Å². The van der Waals surface area contributed by atoms with E-state index < -0.39 is 0 Å². The molecule has 3 aromatic carbocycles. The smallest absolute Gasteiger partial charge is 0.255 e. The molecule has 0 aliphatic heterocycles. The Balaban J connectivity index is 1.29. The van der Waals surface area contributed by atoms with Gasteiger partial charge in [-0.2, -0.15) is 0 Å². The van der Waals surface area contributed by atoms with Crippen LogP contribution in [0.3, 0.4) is 0 Å². The van der Waals surface area contributed by atoms with Crippen LogP contribution in [0.2, 0.25) is 0 Å². The molecule has 0 unspecified atom stereocenters. The fourth-order valence-electron chi connectivity index (χ4n) is 4.30. The maximum absolute atomic E-state index is 12.8. The van der Waals surface area contributed by atoms with E-state index in [0.717, 1.165) is 45.2 Å². The highest BCUT2D eigenvalue weighted by molar-refractivity contribution is 6.05. The number of anilines is 3. The molecule has 3 aromatic heterocycles. The first-order valence-electron chi connectivity index (χ1n) is 12.0. The number of benzene rings is 3. The van der Waals surface area contributed by atoms with Gasteiger partial charge in [-0.1, -0.05) is 36.4 Å². The van der Waals surface area contributed by atoms with Crippen LogP contribution in [-0.4, -0.2) is 31.5 Å². The summed E-state index contributed by atoms with van der Waals surface area (Å²) in [5, 5.41) is 7.14. The topological polar surface area (TPSA) is 101 Å². The van der Waals surface area contributed by atoms with Gasteiger partial charge in [0.25, 0.3) is 5.91 Å². The molecule has 38 heavy (non-hydrogen) atoms. The lowest BCUT2D eigenvalue weighted by Gasteiger charge is -2.13. The van der Waals surface area contributed by atoms with Crippen LogP contribution in [-0.2, 0) is 0 Å². The minimum Gasteiger partial charge on any atom is -0.324 e. The van der Waals surface area contributed by atoms with E-state index in [-0.39, 0.29) is 5.91 Å². The summed E-state index contributed by atoms with van der Waals surface area (Å²) in [6.45, 7) is 1.92. The summed E-state index contributed by atoms with van der Waals surface area (Å²) in [5.41, 5.74) is 7.00. The molecule has 2 N–H and O–H groups in total. The summed E-state index contributed by atoms with van der Waals surface area (Å²) >= 11 is 0. The molecular formula is C30H22N6O2. The summed E-state index contributed by atoms with van der Waals surface area (Å²) in [4.78, 5) is 37.3. The first-order chi connectivity index (χ1) is 18.6. The van der Waals surface area contributed by atoms with Crippen molar-refractivity contribution in [1.82, 2.24) is 19.4 Å². The number of aldehydes is 1. The number of hydrogen-bond acceptors (Lipinski definition) is 6. The molecule has 0 spiro atoms. The van der Waals surface area contributed by atoms with Crippen LogP contribution in [0.25, 0.3) is 27.7 Å². The number of hydrogen-bond donors (Lipinski definition) is 2. The second kappa shape index (κ2) is 9.59. The van der Waals surface area contributed by atoms with Crippen LogP contribution in [0.5, 0.6) is 0 Å². The number of nitrogens with zero attached hydrogens (tertiary/aromatic N) is 4. The fourth-order valence-corrected chi connectivity index (χ4v) is 4.30. The van der Waals surface area contributed by atoms with Gasteiger partial charge in [-0.15, -0.1) is 0 Å². The average molecular weight is 499 g/mol. The van der Waals surface area contributed by atoms with Gasteiger partial charge >= 0.3 is 0 Å². The van der Waals surface area contributed by atoms with Crippen molar-refractivity contribution in [2.75, 3.05) is 10.6 Å². The lowest BCUT2D eigenvalue weighted by atomic mass is 10.0. The number of nitrogens with one attached hydrogen (secondary N) is 2. The van der Waals surface area contributed by atoms with Gasteiger partial charge in [0, 0.05) is 63.8 Å². The van der Waals surface area contributed by atoms with E-state index in [9.17, 15) is 9.59 Å². The first-order valence-corrected chi connectivity index (χ1v) is 12.0. The summed E-state index contributed by atoms with van der Waals surface area (Å²) < 4.78 is 1.98. The lowest BCUT2D eigenvalue weighted by Crippen LogP contribution is -2.13. The quantitative estimate of drug-likeness (QED) is 0.271. The van der Waals surface area contributed by atoms with Crippen molar-refractivity contribution in [1.29, 1.82) is 0 Å². The molecule has 1 amide bonds. The van der Waals surface area contributed by atoms with Gasteiger partial charge in [0.15, 0.2) is 0 Å². The van der Waals surface area contributed by atoms with Crippen molar-refractivity contribution in [3.05, 3.63) is 114 Å². The van der Waals surface area contributed by atoms with Crippen molar-refractivity contribution in [3.63, 3.8) is 0 Å². The standard InChI is InChI=1S/C30H22N6O2/c1-19-5-11-24(15-26(19)34-29(38)21-8-6-20(18-37)7-9-21)33-30-32-16-22-3-2-4-25(28(22)35-30)23-10-12-27-31-13-14-36(27)17-23/h2-18H,1H3,(H,34,38)(H,32,33,35). The number of fused-ring (bicyclic) bond motifs is 2. The van der Waals surface area contributed by atoms with Gasteiger partial charge in [0.05, 0.1) is 5.52 Å². The van der Waals surface area contributed by atoms with Crippen molar-refractivity contribution in [2.24, 2.45) is 0 Å². The maximum atomic E-state index is 12.8. The molecule has 0 atom stereocenters. The Morgan fingerprint density at radius 3 is 2.68 bits per heavy atom. The Morgan fingerprint density at radius 2 is 1.84 bits per heavy atom. The number of imidazole rings is 1. The first kappa shape index (κ1) is 23.1. The third-order valence-corrected chi connectivity index (χ3v) is 6.36. The predicted molar refractivity (Wildman–Crippen MR) is 148 cm³/mol. The largest absolute Gasteiger partial charge is 0.324 e. The summed E-state index contributed by atoms with van der Waals surface area (Å²) in [6, 6.07) is 22.2. The Morgan fingerprint density at radius 1 is 0.974 bits per heavy atom. The minimum absolute atomic E-state index is 0.260. The second-order valence-electron chi connectivity index (χ2n) is 8.90. The molecule has 3 heterocycles. The summed E-state index contributed by atoms with van der Waals surface area (Å²) in [7, 11) is 0. The number of para-hydroxylation sites is 1. The van der Waals surface area contributed by atoms with Crippen molar-refractivity contribution >= 4 is 46.1 Å². The molecule has 0 saturated carbocycles. The summed E-state index contributed by atoms with van der Waals surface area (Å²) in [5.74, 6) is 0.184. The molecule has 0 saturated heterocycles. The molecule has 0 fully saturated rings. The zero-order valence-electron chi connectivity index (χ0n) is 20.4. The minimum atomic E-state index is -0.260. The van der Waals surface area contributed by atoms with Gasteiger partial charge in [-0.3, -0.25) is 9.59 Å². The van der Waals surface area contributed by atoms with Gasteiger partial charge in [0.2, 0.25) is 5.95 Å². The zero-order chi connectivity index (χ0) is 26.1. The molecule has 6 rings (SSSR count). The van der Waals surface area contributed by atoms with Gasteiger partial charge in [-0.05, 0) is 48.9 Å². The Bertz CT molecular complexity index is 1830. The summed E-state index contributed by atoms with van der Waals surface area (Å²) in [6.07, 6.45) is 8.27. The van der Waals surface area contributed by atoms with Crippen molar-refractivity contribution in [2.45, 2.75) is 6.92 Å². The van der Waals surface area contributed by atoms with Gasteiger partial charge < -0.3 is 15.0 Å². The van der Waals surface area contributed by atoms with Gasteiger partial charge in [-0.25, -0.2) is 15.0 Å². The monoisotopic (exact) mass is 498 g/mol. The molecule has 6 aromatic rings. The zero-order valence-corrected chi connectivity index (χ0v) is 20.4. The van der Waals surface area contributed by atoms with Crippen LogP contribution >= 0.6 is 0 Å². The van der Waals surface area contributed by atoms with Crippen LogP contribution < -0.4 is 10.6 Å². The number of rotatable bonds is 6. The number of aryl methyl sites for hydroxylation is 1. The van der Waals surface area contributed by atoms with E-state index >= 15 is 0 Å². The average Bonchev–Trinajstić information content (AvgIpc) is 3.42. The molecule has 0 bridgehead atoms. The predicted octanol–water partition coefficient (Wildman–Crippen LogP) is 6.06. The molecule has 8 heteroatoms. The maximum Gasteiger partial charge on any atom is 0.255 e. The lowest BCUT2D eigenvalue weighted by molar-refractivity contribution is 0.102. The van der Waals surface area contributed by atoms with E-state index in [1.807, 2.05) is 72.2 Å². The molecule has 0 aliphatic rings. The van der Waals surface area contributed by atoms with Gasteiger partial charge in [0.1, 0.15) is 11.9 Å². The number of aromatic nitrogens is 4. The fraction of sp³-hybridized carbons (Fsp3) is 0.0333. The third kappa shape index (κ3) is 4.46. The highest BCUT2D eigenvalue weighted by Gasteiger charge is 2.11. The molecular weight excluding hydrogens is 476 g/mol. The number of amides is 1. The van der Waals surface area contributed by atoms with E-state index in [4.69, 9.17) is 4.98 Å². The van der Waals surface area contributed by atoms with E-state index in [2.05, 4.69) is 20.6 Å². The van der Waals surface area contributed by atoms with E-state index in [0.29, 0.717) is 22.8 Å². The SMILES string of the molecule is Cc1ccc(Nc2ncc3cccc(-c4ccc5nccn5c4)c3n2)cc1NC(=O)c1ccc(C=O)cc1. The molecule has 8 nitrogen and oxygen atoms in total. The van der Waals surface area contributed by atoms with Crippen molar-refractivity contribution in [3.8, 4) is 11.1 Å². The second-order valence-corrected chi connectivity index (χ2v) is 8.90. The normalized spacial score (nSPS) is 11.0.